The number of rotatable bonds is 6. The largest absolute Gasteiger partial charge is 0.471 e. The summed E-state index contributed by atoms with van der Waals surface area (Å²) in [7, 11) is -1.55. The molecule has 0 saturated carbocycles. The van der Waals surface area contributed by atoms with Gasteiger partial charge < -0.3 is 25.2 Å². The summed E-state index contributed by atoms with van der Waals surface area (Å²) in [6, 6.07) is 0. The van der Waals surface area contributed by atoms with Crippen molar-refractivity contribution in [2.75, 3.05) is 26.8 Å². The number of nitrogens with one attached hydrogen (secondary N) is 2. The van der Waals surface area contributed by atoms with Crippen molar-refractivity contribution >= 4 is 11.8 Å². The number of methoxy groups -OCH3 is 1. The Morgan fingerprint density at radius 1 is 1.52 bits per heavy atom. The Morgan fingerprint density at radius 3 is 2.81 bits per heavy atom. The van der Waals surface area contributed by atoms with Gasteiger partial charge in [-0.2, -0.15) is 13.2 Å². The SMILES string of the molecule is [2H]C([3H])OCC1OC(C(=O)NCCNC(=O)C(F)(F)F)CC1O. The van der Waals surface area contributed by atoms with Crippen molar-refractivity contribution in [3.8, 4) is 0 Å². The lowest BCUT2D eigenvalue weighted by Crippen LogP contribution is -2.43. The minimum atomic E-state index is -4.98. The Kier molecular flexibility index (Phi) is 5.24. The molecule has 0 bridgehead atoms. The van der Waals surface area contributed by atoms with E-state index in [1.807, 2.05) is 0 Å². The molecule has 1 rings (SSSR count). The number of alkyl halides is 3. The highest BCUT2D eigenvalue weighted by Gasteiger charge is 2.39. The Hall–Kier alpha value is -1.39. The van der Waals surface area contributed by atoms with Crippen LogP contribution in [0, 0.1) is 0 Å². The van der Waals surface area contributed by atoms with Gasteiger partial charge >= 0.3 is 12.1 Å². The maximum Gasteiger partial charge on any atom is 0.471 e. The molecule has 4 unspecified atom stereocenters. The van der Waals surface area contributed by atoms with Gasteiger partial charge in [0, 0.05) is 26.6 Å². The molecule has 1 aliphatic heterocycles. The number of halogens is 3. The molecule has 1 heterocycles. The number of carbonyl (C=O) groups is 2. The van der Waals surface area contributed by atoms with E-state index in [2.05, 4.69) is 10.1 Å². The third-order valence-corrected chi connectivity index (χ3v) is 2.74. The molecule has 3 N–H and O–H groups in total. The van der Waals surface area contributed by atoms with E-state index >= 15 is 0 Å². The van der Waals surface area contributed by atoms with Crippen LogP contribution in [0.2, 0.25) is 0 Å². The van der Waals surface area contributed by atoms with Crippen molar-refractivity contribution in [3.05, 3.63) is 0 Å². The molecule has 1 fully saturated rings. The van der Waals surface area contributed by atoms with E-state index in [4.69, 9.17) is 7.48 Å². The number of carbonyl (C=O) groups excluding carboxylic acids is 2. The van der Waals surface area contributed by atoms with E-state index in [0.29, 0.717) is 0 Å². The highest BCUT2D eigenvalue weighted by atomic mass is 19.4. The molecule has 0 aliphatic carbocycles. The van der Waals surface area contributed by atoms with Gasteiger partial charge in [-0.1, -0.05) is 0 Å². The molecule has 21 heavy (non-hydrogen) atoms. The fraction of sp³-hybridized carbons (Fsp3) is 0.818. The summed E-state index contributed by atoms with van der Waals surface area (Å²) in [6.45, 7) is -0.880. The summed E-state index contributed by atoms with van der Waals surface area (Å²) in [5.74, 6) is -2.75. The summed E-state index contributed by atoms with van der Waals surface area (Å²) in [5.41, 5.74) is 0. The summed E-state index contributed by atoms with van der Waals surface area (Å²) >= 11 is 0. The zero-order chi connectivity index (χ0) is 17.6. The van der Waals surface area contributed by atoms with Crippen LogP contribution in [0.4, 0.5) is 13.2 Å². The number of amides is 2. The minimum Gasteiger partial charge on any atom is -0.390 e. The minimum absolute atomic E-state index is 0.0462. The van der Waals surface area contributed by atoms with Crippen LogP contribution in [-0.4, -0.2) is 68.2 Å². The van der Waals surface area contributed by atoms with Crippen LogP contribution >= 0.6 is 0 Å². The number of aliphatic hydroxyl groups is 1. The van der Waals surface area contributed by atoms with E-state index < -0.39 is 49.9 Å². The van der Waals surface area contributed by atoms with Crippen molar-refractivity contribution in [1.29, 1.82) is 0 Å². The molecule has 7 nitrogen and oxygen atoms in total. The van der Waals surface area contributed by atoms with Crippen LogP contribution in [0.3, 0.4) is 0 Å². The molecule has 1 saturated heterocycles. The predicted molar refractivity (Wildman–Crippen MR) is 63.2 cm³/mol. The van der Waals surface area contributed by atoms with E-state index in [0.717, 1.165) is 0 Å². The van der Waals surface area contributed by atoms with Crippen LogP contribution in [0.1, 0.15) is 9.16 Å². The van der Waals surface area contributed by atoms with Crippen LogP contribution in [0.15, 0.2) is 0 Å². The van der Waals surface area contributed by atoms with Gasteiger partial charge in [0.25, 0.3) is 0 Å². The summed E-state index contributed by atoms with van der Waals surface area (Å²) in [5, 5.41) is 13.5. The van der Waals surface area contributed by atoms with Crippen molar-refractivity contribution in [2.45, 2.75) is 30.9 Å². The van der Waals surface area contributed by atoms with E-state index in [9.17, 15) is 27.9 Å². The third-order valence-electron chi connectivity index (χ3n) is 2.74. The van der Waals surface area contributed by atoms with Gasteiger partial charge in [-0.25, -0.2) is 0 Å². The first-order valence-corrected chi connectivity index (χ1v) is 6.03. The lowest BCUT2D eigenvalue weighted by atomic mass is 10.1. The first kappa shape index (κ1) is 14.5. The molecule has 0 aromatic heterocycles. The van der Waals surface area contributed by atoms with Gasteiger partial charge in [0.05, 0.1) is 15.5 Å². The monoisotopic (exact) mass is 317 g/mol. The third kappa shape index (κ3) is 5.48. The second-order valence-corrected chi connectivity index (χ2v) is 4.34. The first-order valence-electron chi connectivity index (χ1n) is 7.19. The molecule has 1 aliphatic rings. The van der Waals surface area contributed by atoms with Gasteiger partial charge in [0.2, 0.25) is 5.91 Å². The normalized spacial score (nSPS) is 28.5. The van der Waals surface area contributed by atoms with Gasteiger partial charge in [0.1, 0.15) is 12.2 Å². The number of hydrogen-bond donors (Lipinski definition) is 3. The van der Waals surface area contributed by atoms with E-state index in [1.165, 1.54) is 0 Å². The highest BCUT2D eigenvalue weighted by Crippen LogP contribution is 2.20. The maximum absolute atomic E-state index is 11.9. The lowest BCUT2D eigenvalue weighted by Gasteiger charge is -2.14. The maximum atomic E-state index is 11.9. The van der Waals surface area contributed by atoms with Crippen molar-refractivity contribution in [2.24, 2.45) is 0 Å². The fourth-order valence-electron chi connectivity index (χ4n) is 1.72. The predicted octanol–water partition coefficient (Wildman–Crippen LogP) is -1.05. The molecule has 122 valence electrons. The Morgan fingerprint density at radius 2 is 2.19 bits per heavy atom. The Labute approximate surface area is 121 Å². The van der Waals surface area contributed by atoms with Gasteiger partial charge in [-0.3, -0.25) is 9.59 Å². The zero-order valence-electron chi connectivity index (χ0n) is 12.9. The highest BCUT2D eigenvalue weighted by molar-refractivity contribution is 5.82. The number of hydrogen-bond acceptors (Lipinski definition) is 5. The van der Waals surface area contributed by atoms with Crippen molar-refractivity contribution in [3.63, 3.8) is 0 Å². The average molecular weight is 317 g/mol. The number of aliphatic hydroxyl groups excluding tert-OH is 1. The molecule has 0 aromatic rings. The summed E-state index contributed by atoms with van der Waals surface area (Å²) in [4.78, 5) is 22.2. The topological polar surface area (TPSA) is 96.9 Å². The van der Waals surface area contributed by atoms with E-state index in [1.54, 1.807) is 5.32 Å². The zero-order valence-corrected chi connectivity index (χ0v) is 10.9. The summed E-state index contributed by atoms with van der Waals surface area (Å²) in [6.07, 6.45) is -7.94. The van der Waals surface area contributed by atoms with Gasteiger partial charge in [-0.15, -0.1) is 0 Å². The molecule has 2 amide bonds. The molecular formula is C11H17F3N2O5. The van der Waals surface area contributed by atoms with Gasteiger partial charge in [-0.05, 0) is 0 Å². The lowest BCUT2D eigenvalue weighted by molar-refractivity contribution is -0.173. The first-order chi connectivity index (χ1) is 10.6. The Bertz CT molecular complexity index is 425. The average Bonchev–Trinajstić information content (AvgIpc) is 2.81. The van der Waals surface area contributed by atoms with Crippen LogP contribution in [0.5, 0.6) is 0 Å². The molecule has 4 atom stereocenters. The Balaban J connectivity index is 2.27. The van der Waals surface area contributed by atoms with E-state index in [-0.39, 0.29) is 19.6 Å². The smallest absolute Gasteiger partial charge is 0.390 e. The van der Waals surface area contributed by atoms with Crippen molar-refractivity contribution in [1.82, 2.24) is 10.6 Å². The van der Waals surface area contributed by atoms with Crippen LogP contribution in [-0.2, 0) is 19.1 Å². The van der Waals surface area contributed by atoms with Crippen molar-refractivity contribution < 1.29 is 40.1 Å². The fourth-order valence-corrected chi connectivity index (χ4v) is 1.72. The molecule has 10 heteroatoms. The summed E-state index contributed by atoms with van der Waals surface area (Å²) < 4.78 is 59.3. The molecule has 0 radical (unpaired) electrons. The second-order valence-electron chi connectivity index (χ2n) is 4.34. The van der Waals surface area contributed by atoms with Crippen LogP contribution in [0.25, 0.3) is 0 Å². The van der Waals surface area contributed by atoms with Crippen LogP contribution < -0.4 is 10.6 Å². The van der Waals surface area contributed by atoms with Gasteiger partial charge in [0.15, 0.2) is 0 Å². The molecule has 0 aromatic carbocycles. The number of ether oxygens (including phenoxy) is 2. The molecular weight excluding hydrogens is 297 g/mol. The standard InChI is InChI=1S/C11H17F3N2O5/c1-20-5-8-6(17)4-7(21-8)9(18)15-2-3-16-10(19)11(12,13)14/h6-8,17H,2-5H2,1H3,(H,15,18)(H,16,19)/i1TD. The molecule has 0 spiro atoms. The quantitative estimate of drug-likeness (QED) is 0.543. The second kappa shape index (κ2) is 7.57.